The second-order valence-electron chi connectivity index (χ2n) is 22.8. The van der Waals surface area contributed by atoms with Crippen molar-refractivity contribution in [2.75, 3.05) is 50.9 Å². The maximum atomic E-state index is 13.9. The standard InChI is InChI=1S/C46H57N3O10.C11H21NO.C9H12O.C4H8O/c1-9-29(2)19-31(4)26-48(46(54)59-27-34-15-13-30(3)14-16-34)37-23-42(40(55-7)21-35(37)33(6)51)57-17-11-10-12-18-58-43-24-38-36(22-41(43)56-8)44(52)47-25-32(5)20-39(47)45(53)49(38)28-50;1-7(2)8(3)9(4)12-10(5)11(6)13;1-8-3-5-9(6-4-8)7-10-2;1-3-4(2)5/h9,13-16,21-25,28,31,39,45,53H,10-12,17-20,26-27H2,1-8H3;7-8,10,12H,4H2,1-3,5-6H3;3-6H,7H2,1-2H3;3H2,1-2H3/b29-9-;;;/t;8-,10?;;/m.0../s1. The highest BCUT2D eigenvalue weighted by Crippen LogP contribution is 2.42. The molecule has 0 bridgehead atoms. The van der Waals surface area contributed by atoms with Crippen molar-refractivity contribution >= 4 is 47.1 Å². The number of ketones is 3. The van der Waals surface area contributed by atoms with E-state index in [1.807, 2.05) is 71.9 Å². The number of aliphatic hydroxyl groups excluding tert-OH is 1. The molecule has 6 rings (SSSR count). The molecule has 4 aromatic rings. The maximum Gasteiger partial charge on any atom is 0.414 e. The zero-order valence-corrected chi connectivity index (χ0v) is 54.8. The van der Waals surface area contributed by atoms with Gasteiger partial charge in [0.15, 0.2) is 40.8 Å². The van der Waals surface area contributed by atoms with Crippen LogP contribution in [0.1, 0.15) is 165 Å². The summed E-state index contributed by atoms with van der Waals surface area (Å²) >= 11 is 0. The van der Waals surface area contributed by atoms with E-state index >= 15 is 0 Å². The Balaban J connectivity index is 0.000000576. The fourth-order valence-corrected chi connectivity index (χ4v) is 9.12. The Morgan fingerprint density at radius 1 is 0.782 bits per heavy atom. The number of anilines is 2. The lowest BCUT2D eigenvalue weighted by Crippen LogP contribution is -2.47. The number of unbranched alkanes of at least 4 members (excludes halogenated alkanes) is 2. The van der Waals surface area contributed by atoms with Crippen LogP contribution in [-0.4, -0.2) is 105 Å². The molecule has 3 amide bonds. The minimum absolute atomic E-state index is 0.0508. The molecule has 2 N–H and O–H groups in total. The highest BCUT2D eigenvalue weighted by molar-refractivity contribution is 6.05. The van der Waals surface area contributed by atoms with E-state index in [-0.39, 0.29) is 53.1 Å². The first-order chi connectivity index (χ1) is 41.2. The van der Waals surface area contributed by atoms with Gasteiger partial charge in [0, 0.05) is 49.7 Å². The van der Waals surface area contributed by atoms with Crippen LogP contribution < -0.4 is 34.1 Å². The zero-order chi connectivity index (χ0) is 65.1. The number of ether oxygens (including phenoxy) is 6. The van der Waals surface area contributed by atoms with Crippen LogP contribution in [0.4, 0.5) is 16.2 Å². The molecule has 5 atom stereocenters. The van der Waals surface area contributed by atoms with E-state index in [9.17, 15) is 33.9 Å². The summed E-state index contributed by atoms with van der Waals surface area (Å²) < 4.78 is 34.3. The molecule has 17 heteroatoms. The highest BCUT2D eigenvalue weighted by Gasteiger charge is 2.42. The summed E-state index contributed by atoms with van der Waals surface area (Å²) in [4.78, 5) is 77.6. The number of hydrogen-bond donors (Lipinski definition) is 2. The summed E-state index contributed by atoms with van der Waals surface area (Å²) in [5.74, 6) is 2.25. The van der Waals surface area contributed by atoms with Crippen LogP contribution in [0.2, 0.25) is 0 Å². The molecular formula is C70H98N4O13. The molecule has 0 spiro atoms. The number of carbonyl (C=O) groups excluding carboxylic acids is 6. The minimum Gasteiger partial charge on any atom is -0.493 e. The molecule has 2 aliphatic heterocycles. The van der Waals surface area contributed by atoms with E-state index < -0.39 is 18.4 Å². The van der Waals surface area contributed by atoms with Crippen molar-refractivity contribution in [1.29, 1.82) is 0 Å². The van der Waals surface area contributed by atoms with Gasteiger partial charge in [0.2, 0.25) is 6.41 Å². The van der Waals surface area contributed by atoms with Crippen molar-refractivity contribution in [3.05, 3.63) is 142 Å². The third-order valence-corrected chi connectivity index (χ3v) is 15.1. The zero-order valence-electron chi connectivity index (χ0n) is 54.8. The lowest BCUT2D eigenvalue weighted by molar-refractivity contribution is -0.118. The van der Waals surface area contributed by atoms with Gasteiger partial charge in [-0.1, -0.05) is 118 Å². The quantitative estimate of drug-likeness (QED) is 0.0247. The van der Waals surface area contributed by atoms with E-state index in [2.05, 4.69) is 70.8 Å². The summed E-state index contributed by atoms with van der Waals surface area (Å²) in [6, 6.07) is 21.8. The Labute approximate surface area is 518 Å². The lowest BCUT2D eigenvalue weighted by Gasteiger charge is -2.29. The Morgan fingerprint density at radius 3 is 1.80 bits per heavy atom. The normalized spacial score (nSPS) is 15.1. The largest absolute Gasteiger partial charge is 0.493 e. The van der Waals surface area contributed by atoms with Crippen molar-refractivity contribution in [3.8, 4) is 23.0 Å². The molecule has 2 heterocycles. The summed E-state index contributed by atoms with van der Waals surface area (Å²) in [6.07, 6.45) is 6.34. The number of nitrogens with zero attached hydrogens (tertiary/aromatic N) is 3. The van der Waals surface area contributed by atoms with Crippen LogP contribution in [0.25, 0.3) is 0 Å². The molecule has 0 saturated carbocycles. The van der Waals surface area contributed by atoms with Crippen molar-refractivity contribution in [2.24, 2.45) is 17.8 Å². The number of aryl methyl sites for hydroxylation is 2. The predicted molar refractivity (Wildman–Crippen MR) is 345 cm³/mol. The van der Waals surface area contributed by atoms with Gasteiger partial charge in [0.05, 0.1) is 63.1 Å². The van der Waals surface area contributed by atoms with E-state index in [4.69, 9.17) is 28.4 Å². The van der Waals surface area contributed by atoms with Gasteiger partial charge in [-0.2, -0.15) is 0 Å². The Hall–Kier alpha value is -7.76. The number of hydrogen-bond acceptors (Lipinski definition) is 14. The van der Waals surface area contributed by atoms with Crippen LogP contribution in [0.15, 0.2) is 108 Å². The van der Waals surface area contributed by atoms with E-state index in [0.717, 1.165) is 33.7 Å². The smallest absolute Gasteiger partial charge is 0.414 e. The van der Waals surface area contributed by atoms with Crippen molar-refractivity contribution in [1.82, 2.24) is 10.2 Å². The highest BCUT2D eigenvalue weighted by atomic mass is 16.6. The minimum atomic E-state index is -1.24. The summed E-state index contributed by atoms with van der Waals surface area (Å²) in [5, 5.41) is 14.2. The van der Waals surface area contributed by atoms with Gasteiger partial charge in [-0.3, -0.25) is 29.0 Å². The van der Waals surface area contributed by atoms with E-state index in [1.54, 1.807) is 51.4 Å². The van der Waals surface area contributed by atoms with Crippen LogP contribution in [0.5, 0.6) is 23.0 Å². The number of amides is 3. The fraction of sp³-hybridized carbons (Fsp3) is 0.486. The molecule has 2 aliphatic rings. The molecule has 4 aromatic carbocycles. The van der Waals surface area contributed by atoms with Crippen LogP contribution in [0.3, 0.4) is 0 Å². The topological polar surface area (TPSA) is 200 Å². The van der Waals surface area contributed by atoms with Gasteiger partial charge < -0.3 is 48.5 Å². The SMILES string of the molecule is C/C=C(/C)CC(C)CN(C(=O)OCc1ccc(C)cc1)c1cc(OCCCCCOc2cc3c(cc2OC)C(=O)N2C=C(C)CC2C(O)N3C=O)c(OC)cc1C(C)=O.C=C(NC(C)C(C)=O)[C@@H](C)C(C)C.CCC(C)=O.COCc1ccc(C)cc1. The molecule has 476 valence electrons. The number of benzene rings is 4. The number of carbonyl (C=O) groups is 6. The van der Waals surface area contributed by atoms with E-state index in [1.165, 1.54) is 47.6 Å². The third-order valence-electron chi connectivity index (χ3n) is 15.1. The average Bonchev–Trinajstić information content (AvgIpc) is 1.83. The summed E-state index contributed by atoms with van der Waals surface area (Å²) in [6.45, 7) is 32.4. The maximum absolute atomic E-state index is 13.9. The van der Waals surface area contributed by atoms with Gasteiger partial charge in [-0.15, -0.1) is 0 Å². The molecule has 0 aliphatic carbocycles. The summed E-state index contributed by atoms with van der Waals surface area (Å²) in [7, 11) is 4.69. The Bertz CT molecular complexity index is 2970. The van der Waals surface area contributed by atoms with Gasteiger partial charge in [0.25, 0.3) is 5.91 Å². The van der Waals surface area contributed by atoms with E-state index in [0.29, 0.717) is 111 Å². The second kappa shape index (κ2) is 37.1. The van der Waals surface area contributed by atoms with Gasteiger partial charge in [-0.05, 0) is 135 Å². The molecule has 87 heavy (non-hydrogen) atoms. The van der Waals surface area contributed by atoms with Crippen molar-refractivity contribution in [2.45, 2.75) is 167 Å². The molecule has 4 unspecified atom stereocenters. The molecule has 0 saturated heterocycles. The Morgan fingerprint density at radius 2 is 1.32 bits per heavy atom. The number of Topliss-reactive ketones (excluding diaryl/α,β-unsaturated/α-hetero) is 3. The predicted octanol–water partition coefficient (Wildman–Crippen LogP) is 13.9. The Kier molecular flexibility index (Phi) is 31.3. The van der Waals surface area contributed by atoms with Crippen molar-refractivity contribution < 1.29 is 62.3 Å². The summed E-state index contributed by atoms with van der Waals surface area (Å²) in [5.41, 5.74) is 8.70. The first-order valence-corrected chi connectivity index (χ1v) is 30.0. The van der Waals surface area contributed by atoms with Crippen LogP contribution in [-0.2, 0) is 37.1 Å². The number of fused-ring (bicyclic) bond motifs is 2. The van der Waals surface area contributed by atoms with Gasteiger partial charge in [-0.25, -0.2) is 4.79 Å². The average molecular weight is 1200 g/mol. The van der Waals surface area contributed by atoms with Gasteiger partial charge >= 0.3 is 6.09 Å². The number of aliphatic hydroxyl groups is 1. The molecule has 0 radical (unpaired) electrons. The molecular weight excluding hydrogens is 1100 g/mol. The first kappa shape index (κ1) is 73.5. The molecule has 0 fully saturated rings. The molecule has 17 nitrogen and oxygen atoms in total. The fourth-order valence-electron chi connectivity index (χ4n) is 9.12. The monoisotopic (exact) mass is 1200 g/mol. The van der Waals surface area contributed by atoms with Crippen molar-refractivity contribution in [3.63, 3.8) is 0 Å². The lowest BCUT2D eigenvalue weighted by atomic mass is 9.95. The molecule has 0 aromatic heterocycles. The number of nitrogens with one attached hydrogen (secondary N) is 1. The third kappa shape index (κ3) is 23.1. The number of rotatable bonds is 27. The number of methoxy groups -OCH3 is 3. The first-order valence-electron chi connectivity index (χ1n) is 30.0. The van der Waals surface area contributed by atoms with Crippen LogP contribution in [0, 0.1) is 31.6 Å². The number of allylic oxidation sites excluding steroid dienone is 3. The van der Waals surface area contributed by atoms with Crippen LogP contribution >= 0.6 is 0 Å². The second-order valence-corrected chi connectivity index (χ2v) is 22.8. The van der Waals surface area contributed by atoms with Gasteiger partial charge in [0.1, 0.15) is 12.4 Å².